The van der Waals surface area contributed by atoms with Gasteiger partial charge in [0.15, 0.2) is 0 Å². The summed E-state index contributed by atoms with van der Waals surface area (Å²) < 4.78 is 0. The minimum Gasteiger partial charge on any atom is -0.369 e. The van der Waals surface area contributed by atoms with E-state index in [0.717, 1.165) is 23.6 Å². The lowest BCUT2D eigenvalue weighted by atomic mass is 10.3. The summed E-state index contributed by atoms with van der Waals surface area (Å²) in [5.74, 6) is 0. The van der Waals surface area contributed by atoms with Crippen LogP contribution in [0.15, 0.2) is 36.5 Å². The van der Waals surface area contributed by atoms with Crippen LogP contribution in [0.25, 0.3) is 0 Å². The third-order valence-electron chi connectivity index (χ3n) is 2.50. The zero-order valence-corrected chi connectivity index (χ0v) is 10.6. The number of aryl methyl sites for hydroxylation is 1. The molecule has 0 aliphatic carbocycles. The number of rotatable bonds is 3. The van der Waals surface area contributed by atoms with Gasteiger partial charge >= 0.3 is 0 Å². The summed E-state index contributed by atoms with van der Waals surface area (Å²) in [6, 6.07) is 9.81. The molecular weight excluding hydrogens is 234 g/mol. The fourth-order valence-electron chi connectivity index (χ4n) is 1.65. The topological polar surface area (TPSA) is 29.0 Å². The van der Waals surface area contributed by atoms with E-state index >= 15 is 0 Å². The second kappa shape index (κ2) is 5.15. The molecule has 0 bridgehead atoms. The first-order valence-electron chi connectivity index (χ1n) is 5.40. The van der Waals surface area contributed by atoms with E-state index in [0.29, 0.717) is 5.15 Å². The third kappa shape index (κ3) is 3.17. The van der Waals surface area contributed by atoms with Gasteiger partial charge in [0.1, 0.15) is 5.15 Å². The lowest BCUT2D eigenvalue weighted by Gasteiger charge is -2.18. The Hall–Kier alpha value is -1.61. The quantitative estimate of drug-likeness (QED) is 0.781. The summed E-state index contributed by atoms with van der Waals surface area (Å²) in [4.78, 5) is 10.5. The molecule has 2 heterocycles. The highest BCUT2D eigenvalue weighted by molar-refractivity contribution is 6.29. The molecule has 0 spiro atoms. The van der Waals surface area contributed by atoms with E-state index in [9.17, 15) is 0 Å². The smallest absolute Gasteiger partial charge is 0.131 e. The van der Waals surface area contributed by atoms with Crippen LogP contribution in [-0.2, 0) is 6.54 Å². The van der Waals surface area contributed by atoms with Crippen molar-refractivity contribution < 1.29 is 0 Å². The first-order chi connectivity index (χ1) is 8.15. The maximum Gasteiger partial charge on any atom is 0.131 e. The summed E-state index contributed by atoms with van der Waals surface area (Å²) in [5.41, 5.74) is 3.11. The fourth-order valence-corrected chi connectivity index (χ4v) is 1.82. The molecule has 0 amide bonds. The van der Waals surface area contributed by atoms with Gasteiger partial charge in [0.2, 0.25) is 0 Å². The minimum atomic E-state index is 0.506. The van der Waals surface area contributed by atoms with Crippen LogP contribution in [0.4, 0.5) is 5.69 Å². The molecule has 0 aliphatic heterocycles. The van der Waals surface area contributed by atoms with Crippen LogP contribution < -0.4 is 4.90 Å². The van der Waals surface area contributed by atoms with Gasteiger partial charge in [-0.2, -0.15) is 0 Å². The Labute approximate surface area is 106 Å². The van der Waals surface area contributed by atoms with Crippen molar-refractivity contribution in [1.82, 2.24) is 9.97 Å². The fraction of sp³-hybridized carbons (Fsp3) is 0.231. The Morgan fingerprint density at radius 1 is 1.29 bits per heavy atom. The molecule has 0 atom stereocenters. The minimum absolute atomic E-state index is 0.506. The van der Waals surface area contributed by atoms with E-state index in [1.165, 1.54) is 0 Å². The molecule has 3 nitrogen and oxygen atoms in total. The molecule has 0 aromatic carbocycles. The monoisotopic (exact) mass is 247 g/mol. The van der Waals surface area contributed by atoms with Crippen molar-refractivity contribution >= 4 is 17.3 Å². The predicted octanol–water partition coefficient (Wildman–Crippen LogP) is 3.07. The van der Waals surface area contributed by atoms with Gasteiger partial charge in [-0.1, -0.05) is 17.7 Å². The van der Waals surface area contributed by atoms with E-state index in [1.54, 1.807) is 6.20 Å². The van der Waals surface area contributed by atoms with E-state index in [2.05, 4.69) is 14.9 Å². The van der Waals surface area contributed by atoms with Crippen molar-refractivity contribution in [3.8, 4) is 0 Å². The second-order valence-corrected chi connectivity index (χ2v) is 4.35. The highest BCUT2D eigenvalue weighted by atomic mass is 35.5. The SMILES string of the molecule is Cc1cccc(CN(C)c2ccnc(Cl)c2)n1. The first kappa shape index (κ1) is 11.9. The molecular formula is C13H14ClN3. The molecule has 2 aromatic heterocycles. The highest BCUT2D eigenvalue weighted by Gasteiger charge is 2.04. The van der Waals surface area contributed by atoms with Crippen LogP contribution >= 0.6 is 11.6 Å². The average molecular weight is 248 g/mol. The van der Waals surface area contributed by atoms with Gasteiger partial charge in [0.25, 0.3) is 0 Å². The Morgan fingerprint density at radius 2 is 2.12 bits per heavy atom. The van der Waals surface area contributed by atoms with Gasteiger partial charge in [-0.25, -0.2) is 4.98 Å². The molecule has 0 saturated heterocycles. The molecule has 0 saturated carbocycles. The Kier molecular flexibility index (Phi) is 3.59. The molecule has 17 heavy (non-hydrogen) atoms. The number of halogens is 1. The van der Waals surface area contributed by atoms with Crippen molar-refractivity contribution in [3.63, 3.8) is 0 Å². The Bertz CT molecular complexity index is 514. The average Bonchev–Trinajstić information content (AvgIpc) is 2.29. The first-order valence-corrected chi connectivity index (χ1v) is 5.78. The molecule has 0 radical (unpaired) electrons. The summed E-state index contributed by atoms with van der Waals surface area (Å²) in [5, 5.41) is 0.506. The van der Waals surface area contributed by atoms with Gasteiger partial charge in [-0.3, -0.25) is 4.98 Å². The van der Waals surface area contributed by atoms with Crippen LogP contribution in [0.2, 0.25) is 5.15 Å². The lowest BCUT2D eigenvalue weighted by Crippen LogP contribution is -2.17. The van der Waals surface area contributed by atoms with Gasteiger partial charge in [0, 0.05) is 24.6 Å². The van der Waals surface area contributed by atoms with Crippen LogP contribution in [-0.4, -0.2) is 17.0 Å². The number of anilines is 1. The molecule has 0 unspecified atom stereocenters. The number of nitrogens with zero attached hydrogens (tertiary/aromatic N) is 3. The van der Waals surface area contributed by atoms with E-state index in [1.807, 2.05) is 44.3 Å². The summed E-state index contributed by atoms with van der Waals surface area (Å²) in [6.45, 7) is 2.74. The molecule has 4 heteroatoms. The van der Waals surface area contributed by atoms with Crippen molar-refractivity contribution in [2.24, 2.45) is 0 Å². The van der Waals surface area contributed by atoms with Crippen LogP contribution in [0.1, 0.15) is 11.4 Å². The van der Waals surface area contributed by atoms with Crippen molar-refractivity contribution in [1.29, 1.82) is 0 Å². The zero-order chi connectivity index (χ0) is 12.3. The predicted molar refractivity (Wildman–Crippen MR) is 70.3 cm³/mol. The Balaban J connectivity index is 2.14. The summed E-state index contributed by atoms with van der Waals surface area (Å²) in [6.07, 6.45) is 1.71. The normalized spacial score (nSPS) is 10.3. The molecule has 0 aliphatic rings. The zero-order valence-electron chi connectivity index (χ0n) is 9.89. The van der Waals surface area contributed by atoms with E-state index < -0.39 is 0 Å². The van der Waals surface area contributed by atoms with E-state index in [4.69, 9.17) is 11.6 Å². The third-order valence-corrected chi connectivity index (χ3v) is 2.70. The van der Waals surface area contributed by atoms with Crippen molar-refractivity contribution in [2.45, 2.75) is 13.5 Å². The van der Waals surface area contributed by atoms with Gasteiger partial charge in [0.05, 0.1) is 12.2 Å². The summed E-state index contributed by atoms with van der Waals surface area (Å²) in [7, 11) is 2.01. The van der Waals surface area contributed by atoms with Crippen LogP contribution in [0.5, 0.6) is 0 Å². The number of hydrogen-bond acceptors (Lipinski definition) is 3. The van der Waals surface area contributed by atoms with Crippen LogP contribution in [0, 0.1) is 6.92 Å². The molecule has 2 rings (SSSR count). The lowest BCUT2D eigenvalue weighted by molar-refractivity contribution is 0.875. The van der Waals surface area contributed by atoms with Crippen LogP contribution in [0.3, 0.4) is 0 Å². The van der Waals surface area contributed by atoms with Gasteiger partial charge in [-0.05, 0) is 31.2 Å². The molecule has 0 N–H and O–H groups in total. The standard InChI is InChI=1S/C13H14ClN3/c1-10-4-3-5-11(16-10)9-17(2)12-6-7-15-13(14)8-12/h3-8H,9H2,1-2H3. The number of aromatic nitrogens is 2. The number of hydrogen-bond donors (Lipinski definition) is 0. The molecule has 0 fully saturated rings. The molecule has 88 valence electrons. The van der Waals surface area contributed by atoms with Gasteiger partial charge < -0.3 is 4.90 Å². The Morgan fingerprint density at radius 3 is 2.82 bits per heavy atom. The van der Waals surface area contributed by atoms with Crippen molar-refractivity contribution in [2.75, 3.05) is 11.9 Å². The number of pyridine rings is 2. The van der Waals surface area contributed by atoms with Crippen molar-refractivity contribution in [3.05, 3.63) is 53.1 Å². The van der Waals surface area contributed by atoms with E-state index in [-0.39, 0.29) is 0 Å². The molecule has 2 aromatic rings. The second-order valence-electron chi connectivity index (χ2n) is 3.96. The highest BCUT2D eigenvalue weighted by Crippen LogP contribution is 2.17. The maximum absolute atomic E-state index is 5.86. The van der Waals surface area contributed by atoms with Gasteiger partial charge in [-0.15, -0.1) is 0 Å². The summed E-state index contributed by atoms with van der Waals surface area (Å²) >= 11 is 5.86. The maximum atomic E-state index is 5.86. The largest absolute Gasteiger partial charge is 0.369 e.